The number of ether oxygens (including phenoxy) is 3. The molecule has 83 heavy (non-hydrogen) atoms. The van der Waals surface area contributed by atoms with Crippen molar-refractivity contribution < 1.29 is 121 Å². The molecule has 0 spiro atoms. The molecule has 0 saturated carbocycles. The minimum Gasteiger partial charge on any atom is -0.380 e. The Morgan fingerprint density at radius 1 is 0.289 bits per heavy atom. The molecular formula is C52H64N6O25. The highest BCUT2D eigenvalue weighted by molar-refractivity contribution is 6.15. The van der Waals surface area contributed by atoms with Gasteiger partial charge in [-0.3, -0.25) is 72.2 Å². The summed E-state index contributed by atoms with van der Waals surface area (Å²) in [7, 11) is 0. The highest BCUT2D eigenvalue weighted by Crippen LogP contribution is 2.28. The summed E-state index contributed by atoms with van der Waals surface area (Å²) in [5.41, 5.74) is -3.14. The normalized spacial score (nSPS) is 19.0. The van der Waals surface area contributed by atoms with E-state index in [1.807, 2.05) is 0 Å². The monoisotopic (exact) mass is 1170 g/mol. The second-order valence-corrected chi connectivity index (χ2v) is 19.2. The van der Waals surface area contributed by atoms with Gasteiger partial charge in [0.05, 0.1) is 103 Å². The van der Waals surface area contributed by atoms with Gasteiger partial charge in [0.1, 0.15) is 0 Å². The Bertz CT molecular complexity index is 2240. The molecule has 6 aliphatic rings. The van der Waals surface area contributed by atoms with E-state index in [2.05, 4.69) is 0 Å². The molecule has 12 amide bonds. The van der Waals surface area contributed by atoms with E-state index in [1.54, 1.807) is 0 Å². The van der Waals surface area contributed by atoms with Gasteiger partial charge in [0.15, 0.2) is 18.7 Å². The van der Waals surface area contributed by atoms with E-state index in [4.69, 9.17) is 63.1 Å². The molecule has 3 unspecified atom stereocenters. The molecule has 31 nitrogen and oxygen atoms in total. The molecule has 3 atom stereocenters. The Kier molecular flexibility index (Phi) is 25.0. The van der Waals surface area contributed by atoms with Crippen LogP contribution in [-0.4, -0.2) is 224 Å². The number of rotatable bonds is 43. The van der Waals surface area contributed by atoms with Crippen LogP contribution in [0.3, 0.4) is 0 Å². The quantitative estimate of drug-likeness (QED) is 0.0303. The van der Waals surface area contributed by atoms with Crippen molar-refractivity contribution in [2.24, 2.45) is 10.8 Å². The third-order valence-corrected chi connectivity index (χ3v) is 12.7. The van der Waals surface area contributed by atoms with Crippen molar-refractivity contribution in [3.05, 3.63) is 72.9 Å². The summed E-state index contributed by atoms with van der Waals surface area (Å²) in [6, 6.07) is 0. The van der Waals surface area contributed by atoms with Crippen molar-refractivity contribution in [3.63, 3.8) is 0 Å². The molecule has 31 heteroatoms. The lowest BCUT2D eigenvalue weighted by molar-refractivity contribution is -0.404. The van der Waals surface area contributed by atoms with Crippen molar-refractivity contribution in [1.82, 2.24) is 29.4 Å². The first-order valence-electron chi connectivity index (χ1n) is 26.2. The lowest BCUT2D eigenvalue weighted by Gasteiger charge is -2.36. The third-order valence-electron chi connectivity index (χ3n) is 12.7. The Morgan fingerprint density at radius 2 is 0.566 bits per heavy atom. The topological polar surface area (TPSA) is 344 Å². The maximum Gasteiger partial charge on any atom is 0.255 e. The summed E-state index contributed by atoms with van der Waals surface area (Å²) < 4.78 is 18.2. The summed E-state index contributed by atoms with van der Waals surface area (Å²) in [6.07, 6.45) is 10.6. The van der Waals surface area contributed by atoms with Crippen molar-refractivity contribution in [1.29, 1.82) is 0 Å². The summed E-state index contributed by atoms with van der Waals surface area (Å²) in [5, 5.41) is 0. The maximum absolute atomic E-state index is 12.5. The molecule has 0 saturated heterocycles. The first-order valence-corrected chi connectivity index (χ1v) is 26.2. The standard InChI is InChI=1S/C52H64N6O25/c1-36(56-45(65)14-15-46(56)66)81-78-33-52(34-79-82-37(2)57-47(67)16-17-48(57)68,35-80-83-38(3)58-49(69)18-19-50(58)70)30-73-29-51(28-72-27-26-71-25-22-55-43(63)12-13-44(55)64,31-76-74-23-6-4-20-53-39(59)8-9-40(53)60)32-77-75-24-7-5-21-54-41(61)10-11-42(54)62/h8-19,36-38H,4-7,20-35H2,1-3H3. The number of imide groups is 6. The fourth-order valence-corrected chi connectivity index (χ4v) is 8.13. The molecule has 0 radical (unpaired) electrons. The van der Waals surface area contributed by atoms with Crippen LogP contribution in [0.1, 0.15) is 46.5 Å². The van der Waals surface area contributed by atoms with Gasteiger partial charge < -0.3 is 14.2 Å². The Hall–Kier alpha value is -7.24. The molecule has 0 aromatic heterocycles. The van der Waals surface area contributed by atoms with Crippen LogP contribution < -0.4 is 0 Å². The van der Waals surface area contributed by atoms with Gasteiger partial charge in [-0.25, -0.2) is 63.6 Å². The fourth-order valence-electron chi connectivity index (χ4n) is 8.13. The zero-order valence-electron chi connectivity index (χ0n) is 45.7. The predicted molar refractivity (Wildman–Crippen MR) is 270 cm³/mol. The van der Waals surface area contributed by atoms with E-state index < -0.39 is 133 Å². The van der Waals surface area contributed by atoms with Crippen LogP contribution in [-0.2, 0) is 121 Å². The van der Waals surface area contributed by atoms with Crippen molar-refractivity contribution in [2.75, 3.05) is 106 Å². The Balaban J connectivity index is 1.21. The minimum absolute atomic E-state index is 0.0216. The van der Waals surface area contributed by atoms with Crippen LogP contribution in [0.2, 0.25) is 0 Å². The highest BCUT2D eigenvalue weighted by Gasteiger charge is 2.41. The molecule has 0 aromatic rings. The smallest absolute Gasteiger partial charge is 0.255 e. The Labute approximate surface area is 474 Å². The number of amides is 12. The van der Waals surface area contributed by atoms with Gasteiger partial charge in [0.2, 0.25) is 0 Å². The van der Waals surface area contributed by atoms with Gasteiger partial charge >= 0.3 is 0 Å². The van der Waals surface area contributed by atoms with Crippen molar-refractivity contribution in [3.8, 4) is 0 Å². The minimum atomic E-state index is -1.71. The lowest BCUT2D eigenvalue weighted by Crippen LogP contribution is -2.47. The molecular weight excluding hydrogens is 1110 g/mol. The van der Waals surface area contributed by atoms with Gasteiger partial charge in [-0.15, -0.1) is 0 Å². The second-order valence-electron chi connectivity index (χ2n) is 19.2. The number of hydrogen-bond acceptors (Lipinski definition) is 25. The van der Waals surface area contributed by atoms with E-state index in [1.165, 1.54) is 45.1 Å². The molecule has 6 aliphatic heterocycles. The van der Waals surface area contributed by atoms with E-state index in [0.717, 1.165) is 78.0 Å². The number of hydrogen-bond donors (Lipinski definition) is 0. The van der Waals surface area contributed by atoms with Crippen LogP contribution >= 0.6 is 0 Å². The molecule has 452 valence electrons. The summed E-state index contributed by atoms with van der Waals surface area (Å²) >= 11 is 0. The molecule has 6 rings (SSSR count). The van der Waals surface area contributed by atoms with Crippen molar-refractivity contribution >= 4 is 70.9 Å². The fraction of sp³-hybridized carbons (Fsp3) is 0.538. The number of carbonyl (C=O) groups excluding carboxylic acids is 12. The summed E-state index contributed by atoms with van der Waals surface area (Å²) in [4.78, 5) is 209. The largest absolute Gasteiger partial charge is 0.380 e. The molecule has 0 aliphatic carbocycles. The van der Waals surface area contributed by atoms with Crippen LogP contribution in [0.4, 0.5) is 0 Å². The lowest BCUT2D eigenvalue weighted by atomic mass is 9.90. The van der Waals surface area contributed by atoms with Gasteiger partial charge in [-0.2, -0.15) is 0 Å². The van der Waals surface area contributed by atoms with Gasteiger partial charge in [0.25, 0.3) is 70.9 Å². The molecule has 6 heterocycles. The zero-order chi connectivity index (χ0) is 59.9. The average molecular weight is 1170 g/mol. The maximum atomic E-state index is 12.5. The van der Waals surface area contributed by atoms with E-state index >= 15 is 0 Å². The van der Waals surface area contributed by atoms with E-state index in [0.29, 0.717) is 25.7 Å². The van der Waals surface area contributed by atoms with E-state index in [9.17, 15) is 57.5 Å². The molecule has 0 fully saturated rings. The SMILES string of the molecule is CC(OOCC(COCC(COCCOCCN1C(=O)C=CC1=O)(COOCCCCN1C(=O)C=CC1=O)COOCCCCN1C(=O)C=CC1=O)(COOC(C)N1C(=O)C=CC1=O)COOC(C)N1C(=O)C=CC1=O)N1C(=O)C=CC1=O. The van der Waals surface area contributed by atoms with Crippen molar-refractivity contribution in [2.45, 2.75) is 65.1 Å². The number of unbranched alkanes of at least 4 members (excludes halogenated alkanes) is 2. The number of nitrogens with zero attached hydrogens (tertiary/aromatic N) is 6. The highest BCUT2D eigenvalue weighted by atomic mass is 17.2. The third kappa shape index (κ3) is 18.9. The predicted octanol–water partition coefficient (Wildman–Crippen LogP) is -1.10. The van der Waals surface area contributed by atoms with Gasteiger partial charge in [-0.1, -0.05) is 0 Å². The van der Waals surface area contributed by atoms with E-state index in [-0.39, 0.29) is 72.5 Å². The molecule has 0 bridgehead atoms. The zero-order valence-corrected chi connectivity index (χ0v) is 45.7. The summed E-state index contributed by atoms with van der Waals surface area (Å²) in [5.74, 6) is -6.95. The Morgan fingerprint density at radius 3 is 0.916 bits per heavy atom. The summed E-state index contributed by atoms with van der Waals surface area (Å²) in [6.45, 7) is 0.276. The number of carbonyl (C=O) groups is 12. The van der Waals surface area contributed by atoms with Crippen LogP contribution in [0.25, 0.3) is 0 Å². The second kappa shape index (κ2) is 32.0. The average Bonchev–Trinajstić information content (AvgIpc) is 4.38. The van der Waals surface area contributed by atoms with Gasteiger partial charge in [-0.05, 0) is 46.5 Å². The molecule has 0 aromatic carbocycles. The first-order chi connectivity index (χ1) is 39.8. The first kappa shape index (κ1) is 64.9. The van der Waals surface area contributed by atoms with Crippen LogP contribution in [0.5, 0.6) is 0 Å². The van der Waals surface area contributed by atoms with Gasteiger partial charge in [0, 0.05) is 86.0 Å². The van der Waals surface area contributed by atoms with Crippen LogP contribution in [0.15, 0.2) is 72.9 Å². The molecule has 0 N–H and O–H groups in total. The van der Waals surface area contributed by atoms with Crippen LogP contribution in [0, 0.1) is 10.8 Å².